The molecule has 0 radical (unpaired) electrons. The van der Waals surface area contributed by atoms with Crippen LogP contribution >= 0.6 is 0 Å². The number of nitrogens with one attached hydrogen (secondary N) is 1. The molecule has 1 saturated carbocycles. The molecule has 3 rings (SSSR count). The SMILES string of the molecule is COc1ccc(CC(C)NC2CCN(C3CC3)C2)cc1OC. The van der Waals surface area contributed by atoms with Crippen molar-refractivity contribution in [1.29, 1.82) is 0 Å². The predicted molar refractivity (Wildman–Crippen MR) is 88.8 cm³/mol. The van der Waals surface area contributed by atoms with Crippen LogP contribution in [0.2, 0.25) is 0 Å². The Hall–Kier alpha value is -1.26. The standard InChI is InChI=1S/C18H28N2O2/c1-13(19-15-8-9-20(12-15)16-5-6-16)10-14-4-7-17(21-2)18(11-14)22-3/h4,7,11,13,15-16,19H,5-6,8-10,12H2,1-3H3. The summed E-state index contributed by atoms with van der Waals surface area (Å²) in [7, 11) is 3.36. The van der Waals surface area contributed by atoms with E-state index in [-0.39, 0.29) is 0 Å². The first-order valence-corrected chi connectivity index (χ1v) is 8.40. The van der Waals surface area contributed by atoms with Crippen molar-refractivity contribution in [2.75, 3.05) is 27.3 Å². The van der Waals surface area contributed by atoms with E-state index in [9.17, 15) is 0 Å². The highest BCUT2D eigenvalue weighted by Gasteiger charge is 2.34. The molecule has 0 aromatic heterocycles. The van der Waals surface area contributed by atoms with Gasteiger partial charge in [-0.1, -0.05) is 6.07 Å². The van der Waals surface area contributed by atoms with Gasteiger partial charge in [-0.25, -0.2) is 0 Å². The van der Waals surface area contributed by atoms with Gasteiger partial charge in [0.25, 0.3) is 0 Å². The molecular weight excluding hydrogens is 276 g/mol. The predicted octanol–water partition coefficient (Wildman–Crippen LogP) is 2.46. The van der Waals surface area contributed by atoms with E-state index >= 15 is 0 Å². The van der Waals surface area contributed by atoms with Crippen LogP contribution in [-0.4, -0.2) is 50.3 Å². The summed E-state index contributed by atoms with van der Waals surface area (Å²) in [5, 5.41) is 3.79. The first-order valence-electron chi connectivity index (χ1n) is 8.40. The first kappa shape index (κ1) is 15.6. The van der Waals surface area contributed by atoms with E-state index in [2.05, 4.69) is 29.3 Å². The van der Waals surface area contributed by atoms with Crippen LogP contribution in [0.15, 0.2) is 18.2 Å². The third-order valence-electron chi connectivity index (χ3n) is 4.79. The van der Waals surface area contributed by atoms with Gasteiger partial charge in [0.15, 0.2) is 11.5 Å². The minimum absolute atomic E-state index is 0.474. The largest absolute Gasteiger partial charge is 0.493 e. The van der Waals surface area contributed by atoms with Gasteiger partial charge < -0.3 is 14.8 Å². The van der Waals surface area contributed by atoms with E-state index in [1.807, 2.05) is 6.07 Å². The zero-order valence-electron chi connectivity index (χ0n) is 14.0. The van der Waals surface area contributed by atoms with Crippen molar-refractivity contribution in [2.45, 2.75) is 50.7 Å². The molecule has 22 heavy (non-hydrogen) atoms. The summed E-state index contributed by atoms with van der Waals surface area (Å²) in [5.41, 5.74) is 1.29. The average molecular weight is 304 g/mol. The summed E-state index contributed by atoms with van der Waals surface area (Å²) in [6.45, 7) is 4.77. The molecule has 2 fully saturated rings. The maximum Gasteiger partial charge on any atom is 0.160 e. The number of hydrogen-bond donors (Lipinski definition) is 1. The topological polar surface area (TPSA) is 33.7 Å². The third-order valence-corrected chi connectivity index (χ3v) is 4.79. The lowest BCUT2D eigenvalue weighted by Crippen LogP contribution is -2.39. The number of rotatable bonds is 7. The van der Waals surface area contributed by atoms with Crippen LogP contribution in [-0.2, 0) is 6.42 Å². The Kier molecular flexibility index (Phi) is 4.89. The Morgan fingerprint density at radius 3 is 2.64 bits per heavy atom. The molecular formula is C18H28N2O2. The third kappa shape index (κ3) is 3.73. The van der Waals surface area contributed by atoms with Crippen molar-refractivity contribution in [3.63, 3.8) is 0 Å². The Morgan fingerprint density at radius 2 is 1.95 bits per heavy atom. The van der Waals surface area contributed by atoms with Crippen LogP contribution < -0.4 is 14.8 Å². The van der Waals surface area contributed by atoms with Gasteiger partial charge in [-0.15, -0.1) is 0 Å². The highest BCUT2D eigenvalue weighted by atomic mass is 16.5. The van der Waals surface area contributed by atoms with Gasteiger partial charge in [0, 0.05) is 31.2 Å². The van der Waals surface area contributed by atoms with Crippen molar-refractivity contribution in [3.8, 4) is 11.5 Å². The summed E-state index contributed by atoms with van der Waals surface area (Å²) >= 11 is 0. The van der Waals surface area contributed by atoms with Gasteiger partial charge in [0.05, 0.1) is 14.2 Å². The van der Waals surface area contributed by atoms with Gasteiger partial charge in [-0.3, -0.25) is 4.90 Å². The smallest absolute Gasteiger partial charge is 0.160 e. The number of hydrogen-bond acceptors (Lipinski definition) is 4. The molecule has 0 amide bonds. The Balaban J connectivity index is 1.52. The van der Waals surface area contributed by atoms with Crippen molar-refractivity contribution >= 4 is 0 Å². The van der Waals surface area contributed by atoms with Crippen LogP contribution in [0.4, 0.5) is 0 Å². The van der Waals surface area contributed by atoms with Crippen LogP contribution in [0, 0.1) is 0 Å². The number of benzene rings is 1. The molecule has 4 heteroatoms. The molecule has 0 bridgehead atoms. The van der Waals surface area contributed by atoms with E-state index < -0.39 is 0 Å². The number of ether oxygens (including phenoxy) is 2. The highest BCUT2D eigenvalue weighted by Crippen LogP contribution is 2.30. The van der Waals surface area contributed by atoms with Crippen LogP contribution in [0.25, 0.3) is 0 Å². The molecule has 1 aliphatic carbocycles. The molecule has 1 heterocycles. The maximum atomic E-state index is 5.39. The summed E-state index contributed by atoms with van der Waals surface area (Å²) in [4.78, 5) is 2.65. The second kappa shape index (κ2) is 6.88. The minimum Gasteiger partial charge on any atom is -0.493 e. The molecule has 1 aromatic carbocycles. The fourth-order valence-electron chi connectivity index (χ4n) is 3.52. The number of nitrogens with zero attached hydrogens (tertiary/aromatic N) is 1. The summed E-state index contributed by atoms with van der Waals surface area (Å²) in [5.74, 6) is 1.61. The lowest BCUT2D eigenvalue weighted by Gasteiger charge is -2.21. The molecule has 2 unspecified atom stereocenters. The molecule has 2 atom stereocenters. The molecule has 1 aromatic rings. The quantitative estimate of drug-likeness (QED) is 0.839. The average Bonchev–Trinajstić information content (AvgIpc) is 3.27. The zero-order chi connectivity index (χ0) is 15.5. The molecule has 4 nitrogen and oxygen atoms in total. The van der Waals surface area contributed by atoms with Crippen molar-refractivity contribution < 1.29 is 9.47 Å². The van der Waals surface area contributed by atoms with E-state index in [1.165, 1.54) is 37.9 Å². The summed E-state index contributed by atoms with van der Waals surface area (Å²) in [6, 6.07) is 8.23. The van der Waals surface area contributed by atoms with E-state index in [4.69, 9.17) is 9.47 Å². The molecule has 1 N–H and O–H groups in total. The van der Waals surface area contributed by atoms with E-state index in [1.54, 1.807) is 14.2 Å². The number of likely N-dealkylation sites (tertiary alicyclic amines) is 1. The van der Waals surface area contributed by atoms with Gasteiger partial charge >= 0.3 is 0 Å². The molecule has 2 aliphatic rings. The second-order valence-corrected chi connectivity index (χ2v) is 6.67. The van der Waals surface area contributed by atoms with Crippen LogP contribution in [0.3, 0.4) is 0 Å². The van der Waals surface area contributed by atoms with Crippen LogP contribution in [0.5, 0.6) is 11.5 Å². The number of methoxy groups -OCH3 is 2. The fraction of sp³-hybridized carbons (Fsp3) is 0.667. The van der Waals surface area contributed by atoms with Gasteiger partial charge in [0.1, 0.15) is 0 Å². The summed E-state index contributed by atoms with van der Waals surface area (Å²) in [6.07, 6.45) is 5.12. The van der Waals surface area contributed by atoms with Crippen molar-refractivity contribution in [1.82, 2.24) is 10.2 Å². The summed E-state index contributed by atoms with van der Waals surface area (Å²) < 4.78 is 10.7. The maximum absolute atomic E-state index is 5.39. The Labute approximate surface area is 133 Å². The lowest BCUT2D eigenvalue weighted by atomic mass is 10.1. The van der Waals surface area contributed by atoms with E-state index in [0.29, 0.717) is 12.1 Å². The monoisotopic (exact) mass is 304 g/mol. The second-order valence-electron chi connectivity index (χ2n) is 6.67. The fourth-order valence-corrected chi connectivity index (χ4v) is 3.52. The van der Waals surface area contributed by atoms with Gasteiger partial charge in [-0.05, 0) is 50.3 Å². The van der Waals surface area contributed by atoms with Gasteiger partial charge in [-0.2, -0.15) is 0 Å². The minimum atomic E-state index is 0.474. The Morgan fingerprint density at radius 1 is 1.18 bits per heavy atom. The normalized spacial score (nSPS) is 23.5. The van der Waals surface area contributed by atoms with E-state index in [0.717, 1.165) is 24.0 Å². The Bertz CT molecular complexity index is 502. The molecule has 1 aliphatic heterocycles. The molecule has 122 valence electrons. The van der Waals surface area contributed by atoms with Crippen molar-refractivity contribution in [3.05, 3.63) is 23.8 Å². The first-order chi connectivity index (χ1) is 10.7. The van der Waals surface area contributed by atoms with Crippen molar-refractivity contribution in [2.24, 2.45) is 0 Å². The lowest BCUT2D eigenvalue weighted by molar-refractivity contribution is 0.313. The molecule has 0 spiro atoms. The highest BCUT2D eigenvalue weighted by molar-refractivity contribution is 5.43. The molecule has 1 saturated heterocycles. The zero-order valence-corrected chi connectivity index (χ0v) is 14.0. The van der Waals surface area contributed by atoms with Gasteiger partial charge in [0.2, 0.25) is 0 Å². The van der Waals surface area contributed by atoms with Crippen LogP contribution in [0.1, 0.15) is 31.7 Å².